The molecule has 3 aliphatic carbocycles. The monoisotopic (exact) mass is 685 g/mol. The number of carbonyl (C=O) groups excluding carboxylic acids is 5. The largest absolute Gasteiger partial charge is 0.462 e. The van der Waals surface area contributed by atoms with Crippen LogP contribution in [-0.4, -0.2) is 64.2 Å². The smallest absolute Gasteiger partial charge is 0.308 e. The quantitative estimate of drug-likeness (QED) is 0.218. The number of rotatable bonds is 9. The summed E-state index contributed by atoms with van der Waals surface area (Å²) in [6, 6.07) is 0. The number of carbonyl (C=O) groups is 5. The molecule has 1 saturated carbocycles. The number of esters is 2. The van der Waals surface area contributed by atoms with Crippen molar-refractivity contribution in [1.82, 2.24) is 5.32 Å². The first-order chi connectivity index (χ1) is 23.1. The Morgan fingerprint density at radius 3 is 2.35 bits per heavy atom. The van der Waals surface area contributed by atoms with E-state index in [1.54, 1.807) is 0 Å². The fraction of sp³-hybridized carbons (Fsp3) is 0.769. The number of piperidine rings is 1. The molecule has 0 aromatic rings. The number of aliphatic hydroxyl groups is 2. The Labute approximate surface area is 291 Å². The van der Waals surface area contributed by atoms with Crippen molar-refractivity contribution in [1.29, 1.82) is 0 Å². The van der Waals surface area contributed by atoms with Crippen LogP contribution in [0.3, 0.4) is 0 Å². The number of aliphatic hydroxyl groups excluding tert-OH is 2. The Morgan fingerprint density at radius 2 is 1.69 bits per heavy atom. The Morgan fingerprint density at radius 1 is 1.00 bits per heavy atom. The zero-order valence-electron chi connectivity index (χ0n) is 30.3. The maximum atomic E-state index is 12.5. The van der Waals surface area contributed by atoms with Crippen molar-refractivity contribution in [2.24, 2.45) is 53.3 Å². The SMILES string of the molecule is CC[C@H](C)C(=O)O[C@H]1C[C@@H](C)C=C2C=C[C@H](C)[C@H](CC[C@@H]3C[C@@H](O)CC(=O)O3)[C@H]21.C[C@@H]1C[C@@H]([C@H](O)CC2CC(=O)NC(=O)C2)C(=O)[C@@H](C)C1. The van der Waals surface area contributed by atoms with Gasteiger partial charge in [0.25, 0.3) is 0 Å². The first-order valence-electron chi connectivity index (χ1n) is 18.7. The molecule has 2 amide bonds. The van der Waals surface area contributed by atoms with Crippen LogP contribution in [0.1, 0.15) is 112 Å². The summed E-state index contributed by atoms with van der Waals surface area (Å²) in [5.41, 5.74) is 1.27. The number of amides is 2. The van der Waals surface area contributed by atoms with Crippen LogP contribution < -0.4 is 5.32 Å². The number of Topliss-reactive ketones (excluding diaryl/α,β-unsaturated/α-hetero) is 1. The molecule has 0 bridgehead atoms. The molecule has 2 aliphatic heterocycles. The Kier molecular flexibility index (Phi) is 13.8. The van der Waals surface area contributed by atoms with Gasteiger partial charge in [-0.3, -0.25) is 29.3 Å². The van der Waals surface area contributed by atoms with E-state index in [4.69, 9.17) is 9.47 Å². The van der Waals surface area contributed by atoms with Gasteiger partial charge in [-0.15, -0.1) is 0 Å². The maximum absolute atomic E-state index is 12.5. The summed E-state index contributed by atoms with van der Waals surface area (Å²) >= 11 is 0. The second kappa shape index (κ2) is 17.4. The molecular formula is C39H59NO9. The summed E-state index contributed by atoms with van der Waals surface area (Å²) in [6.45, 7) is 12.3. The molecule has 0 radical (unpaired) electrons. The van der Waals surface area contributed by atoms with E-state index in [0.717, 1.165) is 32.1 Å². The minimum absolute atomic E-state index is 0.00492. The number of hydrogen-bond acceptors (Lipinski definition) is 9. The Hall–Kier alpha value is -2.85. The van der Waals surface area contributed by atoms with Gasteiger partial charge in [-0.2, -0.15) is 0 Å². The topological polar surface area (TPSA) is 156 Å². The molecule has 0 spiro atoms. The van der Waals surface area contributed by atoms with E-state index >= 15 is 0 Å². The van der Waals surface area contributed by atoms with Crippen molar-refractivity contribution < 1.29 is 43.7 Å². The number of nitrogens with one attached hydrogen (secondary N) is 1. The number of imide groups is 1. The third kappa shape index (κ3) is 10.6. The summed E-state index contributed by atoms with van der Waals surface area (Å²) in [7, 11) is 0. The van der Waals surface area contributed by atoms with Gasteiger partial charge in [-0.05, 0) is 80.1 Å². The molecule has 5 rings (SSSR count). The molecule has 3 N–H and O–H groups in total. The number of ether oxygens (including phenoxy) is 2. The van der Waals surface area contributed by atoms with Crippen molar-refractivity contribution in [2.45, 2.75) is 137 Å². The van der Waals surface area contributed by atoms with E-state index in [9.17, 15) is 34.2 Å². The Balaban J connectivity index is 0.000000237. The van der Waals surface area contributed by atoms with Crippen LogP contribution in [-0.2, 0) is 33.4 Å². The second-order valence-corrected chi connectivity index (χ2v) is 15.9. The Bertz CT molecular complexity index is 1260. The predicted octanol–water partition coefficient (Wildman–Crippen LogP) is 5.24. The lowest BCUT2D eigenvalue weighted by Crippen LogP contribution is -2.42. The van der Waals surface area contributed by atoms with E-state index in [2.05, 4.69) is 44.3 Å². The summed E-state index contributed by atoms with van der Waals surface area (Å²) in [5.74, 6) is 0.256. The highest BCUT2D eigenvalue weighted by molar-refractivity contribution is 5.97. The molecule has 2 saturated heterocycles. The predicted molar refractivity (Wildman–Crippen MR) is 183 cm³/mol. The normalized spacial score (nSPS) is 36.3. The number of cyclic esters (lactones) is 1. The number of hydrogen-bond donors (Lipinski definition) is 3. The van der Waals surface area contributed by atoms with E-state index < -0.39 is 12.2 Å². The van der Waals surface area contributed by atoms with E-state index in [-0.39, 0.29) is 90.6 Å². The van der Waals surface area contributed by atoms with Gasteiger partial charge in [0, 0.05) is 37.0 Å². The van der Waals surface area contributed by atoms with Crippen LogP contribution in [0.4, 0.5) is 0 Å². The molecule has 49 heavy (non-hydrogen) atoms. The summed E-state index contributed by atoms with van der Waals surface area (Å²) in [4.78, 5) is 59.0. The van der Waals surface area contributed by atoms with Crippen molar-refractivity contribution in [3.05, 3.63) is 23.8 Å². The molecule has 10 heteroatoms. The summed E-state index contributed by atoms with van der Waals surface area (Å²) in [6.07, 6.45) is 11.4. The molecule has 2 heterocycles. The van der Waals surface area contributed by atoms with Crippen LogP contribution in [0, 0.1) is 53.3 Å². The van der Waals surface area contributed by atoms with Gasteiger partial charge >= 0.3 is 11.9 Å². The first-order valence-corrected chi connectivity index (χ1v) is 18.7. The van der Waals surface area contributed by atoms with Gasteiger partial charge in [-0.25, -0.2) is 0 Å². The van der Waals surface area contributed by atoms with Crippen LogP contribution in [0.15, 0.2) is 23.8 Å². The fourth-order valence-corrected chi connectivity index (χ4v) is 8.67. The minimum atomic E-state index is -0.739. The third-order valence-corrected chi connectivity index (χ3v) is 11.5. The van der Waals surface area contributed by atoms with Crippen molar-refractivity contribution in [2.75, 3.05) is 0 Å². The maximum Gasteiger partial charge on any atom is 0.308 e. The molecule has 0 aromatic heterocycles. The molecular weight excluding hydrogens is 626 g/mol. The van der Waals surface area contributed by atoms with E-state index in [1.807, 2.05) is 20.8 Å². The van der Waals surface area contributed by atoms with Gasteiger partial charge in [-0.1, -0.05) is 59.8 Å². The number of ketones is 1. The average molecular weight is 686 g/mol. The van der Waals surface area contributed by atoms with Gasteiger partial charge in [0.2, 0.25) is 11.8 Å². The zero-order valence-corrected chi connectivity index (χ0v) is 30.3. The molecule has 274 valence electrons. The van der Waals surface area contributed by atoms with Crippen LogP contribution >= 0.6 is 0 Å². The highest BCUT2D eigenvalue weighted by Crippen LogP contribution is 2.45. The molecule has 3 fully saturated rings. The highest BCUT2D eigenvalue weighted by Gasteiger charge is 2.42. The molecule has 0 aromatic carbocycles. The third-order valence-electron chi connectivity index (χ3n) is 11.5. The standard InChI is InChI=1S/C24H36O5.C15H23NO4/c1-5-15(3)24(27)29-21-11-14(2)10-17-7-6-16(4)20(23(17)21)9-8-19-12-18(25)13-22(26)28-19;1-8-3-9(2)15(20)11(4-8)12(17)5-10-6-13(18)16-14(19)7-10/h6-7,10,14-16,18-21,23,25H,5,8-9,11-13H2,1-4H3;8-12,17H,3-7H2,1-2H3,(H,16,18,19)/t14-,15-,16-,18+,19+,20-,21-,23-;8-,9-,11-,12+/m00/s1. The second-order valence-electron chi connectivity index (χ2n) is 15.9. The highest BCUT2D eigenvalue weighted by atomic mass is 16.6. The minimum Gasteiger partial charge on any atom is -0.462 e. The first kappa shape index (κ1) is 38.9. The van der Waals surface area contributed by atoms with E-state index in [0.29, 0.717) is 42.9 Å². The van der Waals surface area contributed by atoms with Crippen molar-refractivity contribution >= 4 is 29.5 Å². The lowest BCUT2D eigenvalue weighted by atomic mass is 9.65. The summed E-state index contributed by atoms with van der Waals surface area (Å²) < 4.78 is 11.5. The molecule has 5 aliphatic rings. The summed E-state index contributed by atoms with van der Waals surface area (Å²) in [5, 5.41) is 22.5. The zero-order chi connectivity index (χ0) is 36.0. The fourth-order valence-electron chi connectivity index (χ4n) is 8.67. The van der Waals surface area contributed by atoms with E-state index in [1.165, 1.54) is 5.57 Å². The molecule has 12 atom stereocenters. The van der Waals surface area contributed by atoms with Gasteiger partial charge in [0.05, 0.1) is 24.5 Å². The lowest BCUT2D eigenvalue weighted by molar-refractivity contribution is -0.162. The van der Waals surface area contributed by atoms with Gasteiger partial charge < -0.3 is 19.7 Å². The lowest BCUT2D eigenvalue weighted by Gasteiger charge is -2.43. The number of allylic oxidation sites excluding steroid dienone is 3. The van der Waals surface area contributed by atoms with Crippen LogP contribution in [0.25, 0.3) is 0 Å². The average Bonchev–Trinajstić information content (AvgIpc) is 3.01. The van der Waals surface area contributed by atoms with Gasteiger partial charge in [0.1, 0.15) is 18.0 Å². The van der Waals surface area contributed by atoms with Crippen LogP contribution in [0.2, 0.25) is 0 Å². The molecule has 0 unspecified atom stereocenters. The number of fused-ring (bicyclic) bond motifs is 1. The molecule has 10 nitrogen and oxygen atoms in total. The van der Waals surface area contributed by atoms with Crippen molar-refractivity contribution in [3.63, 3.8) is 0 Å². The van der Waals surface area contributed by atoms with Crippen molar-refractivity contribution in [3.8, 4) is 0 Å². The van der Waals surface area contributed by atoms with Gasteiger partial charge in [0.15, 0.2) is 0 Å². The van der Waals surface area contributed by atoms with Crippen LogP contribution in [0.5, 0.6) is 0 Å².